The Kier molecular flexibility index (Phi) is 7.39. The number of aliphatic imine (C=N–C) groups is 1. The summed E-state index contributed by atoms with van der Waals surface area (Å²) in [7, 11) is 0. The minimum absolute atomic E-state index is 0.0763. The smallest absolute Gasteiger partial charge is 0.227 e. The minimum Gasteiger partial charge on any atom is -0.357 e. The zero-order valence-corrected chi connectivity index (χ0v) is 17.2. The Morgan fingerprint density at radius 2 is 2.00 bits per heavy atom. The minimum atomic E-state index is -0.0763. The molecule has 2 aromatic rings. The van der Waals surface area contributed by atoms with E-state index in [0.717, 1.165) is 37.7 Å². The Hall–Kier alpha value is -3.15. The lowest BCUT2D eigenvalue weighted by atomic mass is 10.00. The molecule has 2 heterocycles. The summed E-state index contributed by atoms with van der Waals surface area (Å²) in [5.74, 6) is 1.37. The van der Waals surface area contributed by atoms with Gasteiger partial charge in [-0.15, -0.1) is 0 Å². The van der Waals surface area contributed by atoms with Crippen LogP contribution in [0, 0.1) is 6.92 Å². The number of hydrogen-bond donors (Lipinski definition) is 2. The molecule has 0 bridgehead atoms. The number of nitrogens with zero attached hydrogens (tertiary/aromatic N) is 3. The monoisotopic (exact) mass is 391 g/mol. The van der Waals surface area contributed by atoms with Crippen molar-refractivity contribution in [3.8, 4) is 0 Å². The van der Waals surface area contributed by atoms with E-state index in [1.807, 2.05) is 25.1 Å². The van der Waals surface area contributed by atoms with Crippen molar-refractivity contribution in [1.29, 1.82) is 0 Å². The van der Waals surface area contributed by atoms with Crippen LogP contribution < -0.4 is 10.6 Å². The van der Waals surface area contributed by atoms with Crippen LogP contribution >= 0.6 is 0 Å². The van der Waals surface area contributed by atoms with Gasteiger partial charge in [-0.2, -0.15) is 0 Å². The molecule has 3 rings (SSSR count). The molecule has 0 radical (unpaired) electrons. The zero-order valence-electron chi connectivity index (χ0n) is 17.2. The van der Waals surface area contributed by atoms with Gasteiger partial charge in [0.05, 0.1) is 6.54 Å². The lowest BCUT2D eigenvalue weighted by molar-refractivity contribution is -0.116. The maximum atomic E-state index is 12.2. The third-order valence-corrected chi connectivity index (χ3v) is 4.74. The molecular formula is C23H29N5O. The van der Waals surface area contributed by atoms with E-state index in [4.69, 9.17) is 0 Å². The van der Waals surface area contributed by atoms with Gasteiger partial charge in [0.1, 0.15) is 5.82 Å². The summed E-state index contributed by atoms with van der Waals surface area (Å²) >= 11 is 0. The molecule has 0 saturated heterocycles. The van der Waals surface area contributed by atoms with Gasteiger partial charge >= 0.3 is 0 Å². The Bertz CT molecular complexity index is 876. The Balaban J connectivity index is 1.54. The molecule has 29 heavy (non-hydrogen) atoms. The van der Waals surface area contributed by atoms with E-state index in [1.54, 1.807) is 6.07 Å². The van der Waals surface area contributed by atoms with Crippen molar-refractivity contribution in [2.45, 2.75) is 26.7 Å². The number of anilines is 1. The fourth-order valence-electron chi connectivity index (χ4n) is 3.28. The van der Waals surface area contributed by atoms with Crippen LogP contribution in [0.2, 0.25) is 0 Å². The van der Waals surface area contributed by atoms with Crippen molar-refractivity contribution < 1.29 is 4.79 Å². The third kappa shape index (κ3) is 6.17. The highest BCUT2D eigenvalue weighted by molar-refractivity contribution is 5.90. The molecule has 6 heteroatoms. The number of rotatable bonds is 6. The Morgan fingerprint density at radius 1 is 1.17 bits per heavy atom. The first-order chi connectivity index (χ1) is 14.2. The van der Waals surface area contributed by atoms with Gasteiger partial charge in [-0.25, -0.2) is 4.98 Å². The average Bonchev–Trinajstić information content (AvgIpc) is 2.74. The van der Waals surface area contributed by atoms with Crippen LogP contribution in [0.5, 0.6) is 0 Å². The van der Waals surface area contributed by atoms with E-state index in [2.05, 4.69) is 62.8 Å². The maximum Gasteiger partial charge on any atom is 0.227 e. The van der Waals surface area contributed by atoms with Crippen molar-refractivity contribution in [2.75, 3.05) is 31.5 Å². The van der Waals surface area contributed by atoms with Gasteiger partial charge in [-0.3, -0.25) is 9.79 Å². The number of hydrogen-bond acceptors (Lipinski definition) is 3. The number of carbonyl (C=O) groups is 1. The number of benzene rings is 1. The number of nitrogens with one attached hydrogen (secondary N) is 2. The molecule has 0 unspecified atom stereocenters. The lowest BCUT2D eigenvalue weighted by Gasteiger charge is -2.29. The summed E-state index contributed by atoms with van der Waals surface area (Å²) in [6, 6.07) is 16.1. The van der Waals surface area contributed by atoms with Crippen molar-refractivity contribution in [2.24, 2.45) is 4.99 Å². The van der Waals surface area contributed by atoms with Crippen LogP contribution in [-0.4, -0.2) is 47.9 Å². The summed E-state index contributed by atoms with van der Waals surface area (Å²) in [5, 5.41) is 6.17. The Labute approximate surface area is 172 Å². The first-order valence-corrected chi connectivity index (χ1v) is 10.2. The highest BCUT2D eigenvalue weighted by Gasteiger charge is 2.16. The summed E-state index contributed by atoms with van der Waals surface area (Å²) in [6.45, 7) is 6.91. The van der Waals surface area contributed by atoms with Crippen molar-refractivity contribution >= 4 is 23.3 Å². The van der Waals surface area contributed by atoms with Crippen LogP contribution in [0.4, 0.5) is 5.82 Å². The highest BCUT2D eigenvalue weighted by Crippen LogP contribution is 2.22. The molecule has 0 spiro atoms. The number of carbonyl (C=O) groups excluding carboxylic acids is 1. The van der Waals surface area contributed by atoms with Crippen LogP contribution in [-0.2, 0) is 4.79 Å². The van der Waals surface area contributed by atoms with Gasteiger partial charge in [0, 0.05) is 31.7 Å². The fraction of sp³-hybridized carbons (Fsp3) is 0.348. The first kappa shape index (κ1) is 20.6. The average molecular weight is 392 g/mol. The molecule has 0 saturated carbocycles. The molecule has 1 aromatic heterocycles. The quantitative estimate of drug-likeness (QED) is 0.584. The van der Waals surface area contributed by atoms with E-state index in [-0.39, 0.29) is 5.91 Å². The maximum absolute atomic E-state index is 12.2. The summed E-state index contributed by atoms with van der Waals surface area (Å²) in [5.41, 5.74) is 3.54. The number of pyridine rings is 1. The van der Waals surface area contributed by atoms with Gasteiger partial charge in [-0.1, -0.05) is 42.5 Å². The van der Waals surface area contributed by atoms with Crippen LogP contribution in [0.25, 0.3) is 5.57 Å². The molecule has 1 aromatic carbocycles. The first-order valence-electron chi connectivity index (χ1n) is 10.2. The summed E-state index contributed by atoms with van der Waals surface area (Å²) in [6.07, 6.45) is 3.57. The van der Waals surface area contributed by atoms with E-state index in [9.17, 15) is 4.79 Å². The van der Waals surface area contributed by atoms with Gasteiger partial charge in [-0.05, 0) is 43.5 Å². The number of aryl methyl sites for hydroxylation is 1. The largest absolute Gasteiger partial charge is 0.357 e. The molecule has 1 aliphatic rings. The lowest BCUT2D eigenvalue weighted by Crippen LogP contribution is -2.43. The number of amides is 1. The van der Waals surface area contributed by atoms with E-state index in [0.29, 0.717) is 18.8 Å². The SMILES string of the molecule is CCNC(=NCCC(=O)Nc1cccc(C)n1)N1CC=C(c2ccccc2)CC1. The van der Waals surface area contributed by atoms with Crippen molar-refractivity contribution in [1.82, 2.24) is 15.2 Å². The van der Waals surface area contributed by atoms with Gasteiger partial charge < -0.3 is 15.5 Å². The zero-order chi connectivity index (χ0) is 20.5. The predicted octanol–water partition coefficient (Wildman–Crippen LogP) is 3.47. The van der Waals surface area contributed by atoms with Crippen molar-refractivity contribution in [3.05, 3.63) is 65.9 Å². The Morgan fingerprint density at radius 3 is 2.69 bits per heavy atom. The highest BCUT2D eigenvalue weighted by atomic mass is 16.1. The van der Waals surface area contributed by atoms with Crippen LogP contribution in [0.3, 0.4) is 0 Å². The third-order valence-electron chi connectivity index (χ3n) is 4.74. The normalized spacial score (nSPS) is 14.3. The van der Waals surface area contributed by atoms with Crippen molar-refractivity contribution in [3.63, 3.8) is 0 Å². The van der Waals surface area contributed by atoms with Crippen LogP contribution in [0.1, 0.15) is 31.0 Å². The molecule has 0 fully saturated rings. The van der Waals surface area contributed by atoms with E-state index in [1.165, 1.54) is 11.1 Å². The molecule has 1 aliphatic heterocycles. The molecular weight excluding hydrogens is 362 g/mol. The number of guanidine groups is 1. The van der Waals surface area contributed by atoms with Gasteiger partial charge in [0.25, 0.3) is 0 Å². The second-order valence-electron chi connectivity index (χ2n) is 6.99. The number of aromatic nitrogens is 1. The molecule has 152 valence electrons. The molecule has 0 atom stereocenters. The second kappa shape index (κ2) is 10.4. The summed E-state index contributed by atoms with van der Waals surface area (Å²) in [4.78, 5) is 23.4. The topological polar surface area (TPSA) is 69.6 Å². The van der Waals surface area contributed by atoms with Crippen LogP contribution in [0.15, 0.2) is 59.6 Å². The van der Waals surface area contributed by atoms with Gasteiger partial charge in [0.15, 0.2) is 5.96 Å². The van der Waals surface area contributed by atoms with E-state index >= 15 is 0 Å². The molecule has 2 N–H and O–H groups in total. The van der Waals surface area contributed by atoms with Gasteiger partial charge in [0.2, 0.25) is 5.91 Å². The fourth-order valence-corrected chi connectivity index (χ4v) is 3.28. The summed E-state index contributed by atoms with van der Waals surface area (Å²) < 4.78 is 0. The molecule has 6 nitrogen and oxygen atoms in total. The molecule has 0 aliphatic carbocycles. The van der Waals surface area contributed by atoms with E-state index < -0.39 is 0 Å². The molecule has 1 amide bonds. The standard InChI is InChI=1S/C23H29N5O/c1-3-24-23(25-15-12-22(29)27-21-11-7-8-18(2)26-21)28-16-13-20(14-17-28)19-9-5-4-6-10-19/h4-11,13H,3,12,14-17H2,1-2H3,(H,24,25)(H,26,27,29). The second-order valence-corrected chi connectivity index (χ2v) is 6.99. The predicted molar refractivity (Wildman–Crippen MR) is 119 cm³/mol.